The fourth-order valence-electron chi connectivity index (χ4n) is 2.33. The summed E-state index contributed by atoms with van der Waals surface area (Å²) < 4.78 is 0.995. The molecule has 0 radical (unpaired) electrons. The number of nitrogens with one attached hydrogen (secondary N) is 2. The van der Waals surface area contributed by atoms with Crippen LogP contribution < -0.4 is 10.6 Å². The second kappa shape index (κ2) is 6.76. The number of hydrogen-bond donors (Lipinski definition) is 2. The Kier molecular flexibility index (Phi) is 4.73. The van der Waals surface area contributed by atoms with E-state index in [2.05, 4.69) is 26.6 Å². The normalized spacial score (nSPS) is 16.4. The van der Waals surface area contributed by atoms with Gasteiger partial charge in [-0.1, -0.05) is 28.1 Å². The molecular weight excluding hydrogens is 376 g/mol. The number of thioether (sulfide) groups is 1. The zero-order valence-electron chi connectivity index (χ0n) is 12.4. The summed E-state index contributed by atoms with van der Waals surface area (Å²) in [7, 11) is 0. The van der Waals surface area contributed by atoms with Crippen molar-refractivity contribution in [3.05, 3.63) is 52.5 Å². The Hall–Kier alpha value is -1.79. The van der Waals surface area contributed by atoms with Crippen LogP contribution in [-0.4, -0.2) is 17.1 Å². The largest absolute Gasteiger partial charge is 0.326 e. The Balaban J connectivity index is 1.66. The number of hydrogen-bond acceptors (Lipinski definition) is 3. The van der Waals surface area contributed by atoms with Crippen molar-refractivity contribution in [1.82, 2.24) is 0 Å². The molecule has 2 N–H and O–H groups in total. The van der Waals surface area contributed by atoms with Crippen LogP contribution in [0.3, 0.4) is 0 Å². The molecule has 1 aliphatic heterocycles. The SMILES string of the molecule is Cc1cc(NC(=O)C[C@@H]2Sc3ccccc3NC2=O)ccc1Br. The molecular formula is C17H15BrN2O2S. The van der Waals surface area contributed by atoms with Gasteiger partial charge in [-0.25, -0.2) is 0 Å². The molecule has 0 aliphatic carbocycles. The van der Waals surface area contributed by atoms with Crippen LogP contribution in [-0.2, 0) is 9.59 Å². The van der Waals surface area contributed by atoms with Crippen LogP contribution in [0.4, 0.5) is 11.4 Å². The second-order valence-corrected chi connectivity index (χ2v) is 7.41. The first-order valence-electron chi connectivity index (χ1n) is 7.15. The zero-order chi connectivity index (χ0) is 16.4. The van der Waals surface area contributed by atoms with Crippen molar-refractivity contribution in [2.45, 2.75) is 23.5 Å². The lowest BCUT2D eigenvalue weighted by Crippen LogP contribution is -2.32. The number of para-hydroxylation sites is 1. The fraction of sp³-hybridized carbons (Fsp3) is 0.176. The highest BCUT2D eigenvalue weighted by atomic mass is 79.9. The highest BCUT2D eigenvalue weighted by Crippen LogP contribution is 2.36. The molecule has 0 saturated heterocycles. The van der Waals surface area contributed by atoms with E-state index in [1.165, 1.54) is 11.8 Å². The third kappa shape index (κ3) is 3.76. The lowest BCUT2D eigenvalue weighted by Gasteiger charge is -2.23. The van der Waals surface area contributed by atoms with Crippen molar-refractivity contribution >= 4 is 50.9 Å². The topological polar surface area (TPSA) is 58.2 Å². The van der Waals surface area contributed by atoms with Crippen LogP contribution in [0.5, 0.6) is 0 Å². The Morgan fingerprint density at radius 1 is 1.30 bits per heavy atom. The number of benzene rings is 2. The Morgan fingerprint density at radius 3 is 2.87 bits per heavy atom. The maximum atomic E-state index is 12.2. The van der Waals surface area contributed by atoms with E-state index in [0.29, 0.717) is 0 Å². The number of halogens is 1. The fourth-order valence-corrected chi connectivity index (χ4v) is 3.69. The van der Waals surface area contributed by atoms with E-state index in [0.717, 1.165) is 26.3 Å². The van der Waals surface area contributed by atoms with Crippen molar-refractivity contribution in [2.24, 2.45) is 0 Å². The minimum atomic E-state index is -0.415. The van der Waals surface area contributed by atoms with E-state index >= 15 is 0 Å². The van der Waals surface area contributed by atoms with Gasteiger partial charge in [0, 0.05) is 21.5 Å². The number of carbonyl (C=O) groups is 2. The van der Waals surface area contributed by atoms with Gasteiger partial charge in [0.25, 0.3) is 0 Å². The van der Waals surface area contributed by atoms with Gasteiger partial charge in [0.05, 0.1) is 10.9 Å². The van der Waals surface area contributed by atoms with Crippen molar-refractivity contribution in [2.75, 3.05) is 10.6 Å². The van der Waals surface area contributed by atoms with Gasteiger partial charge in [0.15, 0.2) is 0 Å². The monoisotopic (exact) mass is 390 g/mol. The molecule has 0 fully saturated rings. The van der Waals surface area contributed by atoms with Crippen LogP contribution in [0.1, 0.15) is 12.0 Å². The van der Waals surface area contributed by atoms with Crippen LogP contribution >= 0.6 is 27.7 Å². The van der Waals surface area contributed by atoms with Gasteiger partial charge in [-0.05, 0) is 42.8 Å². The minimum absolute atomic E-state index is 0.129. The van der Waals surface area contributed by atoms with E-state index in [1.54, 1.807) is 0 Å². The van der Waals surface area contributed by atoms with E-state index in [9.17, 15) is 9.59 Å². The van der Waals surface area contributed by atoms with Crippen molar-refractivity contribution in [3.8, 4) is 0 Å². The molecule has 0 aromatic heterocycles. The molecule has 118 valence electrons. The molecule has 2 aromatic rings. The molecule has 23 heavy (non-hydrogen) atoms. The third-order valence-electron chi connectivity index (χ3n) is 3.52. The first-order chi connectivity index (χ1) is 11.0. The molecule has 1 aliphatic rings. The molecule has 2 aromatic carbocycles. The van der Waals surface area contributed by atoms with Gasteiger partial charge in [0.1, 0.15) is 0 Å². The lowest BCUT2D eigenvalue weighted by molar-refractivity contribution is -0.120. The van der Waals surface area contributed by atoms with Crippen molar-refractivity contribution in [1.29, 1.82) is 0 Å². The lowest BCUT2D eigenvalue weighted by atomic mass is 10.2. The summed E-state index contributed by atoms with van der Waals surface area (Å²) >= 11 is 4.86. The molecule has 3 rings (SSSR count). The molecule has 0 unspecified atom stereocenters. The van der Waals surface area contributed by atoms with Crippen molar-refractivity contribution in [3.63, 3.8) is 0 Å². The zero-order valence-corrected chi connectivity index (χ0v) is 14.8. The molecule has 1 heterocycles. The van der Waals surface area contributed by atoms with E-state index in [4.69, 9.17) is 0 Å². The Labute approximate surface area is 147 Å². The maximum absolute atomic E-state index is 12.2. The highest BCUT2D eigenvalue weighted by molar-refractivity contribution is 9.10. The van der Waals surface area contributed by atoms with Crippen LogP contribution in [0.15, 0.2) is 51.8 Å². The standard InChI is InChI=1S/C17H15BrN2O2S/c1-10-8-11(6-7-12(10)18)19-16(21)9-15-17(22)20-13-4-2-3-5-14(13)23-15/h2-8,15H,9H2,1H3,(H,19,21)(H,20,22)/t15-/m0/s1. The Morgan fingerprint density at radius 2 is 2.09 bits per heavy atom. The third-order valence-corrected chi connectivity index (χ3v) is 5.68. The summed E-state index contributed by atoms with van der Waals surface area (Å²) in [6, 6.07) is 13.2. The molecule has 2 amide bonds. The maximum Gasteiger partial charge on any atom is 0.238 e. The summed E-state index contributed by atoms with van der Waals surface area (Å²) in [6.45, 7) is 1.96. The van der Waals surface area contributed by atoms with Gasteiger partial charge in [0.2, 0.25) is 11.8 Å². The van der Waals surface area contributed by atoms with Gasteiger partial charge in [-0.3, -0.25) is 9.59 Å². The molecule has 4 nitrogen and oxygen atoms in total. The number of anilines is 2. The Bertz CT molecular complexity index is 779. The summed E-state index contributed by atoms with van der Waals surface area (Å²) in [6.07, 6.45) is 0.139. The molecule has 0 saturated carbocycles. The predicted molar refractivity (Wildman–Crippen MR) is 96.8 cm³/mol. The predicted octanol–water partition coefficient (Wildman–Crippen LogP) is 4.20. The first kappa shape index (κ1) is 16.1. The average molecular weight is 391 g/mol. The molecule has 1 atom stereocenters. The summed E-state index contributed by atoms with van der Waals surface area (Å²) in [5, 5.41) is 5.28. The number of aryl methyl sites for hydroxylation is 1. The van der Waals surface area contributed by atoms with Gasteiger partial charge >= 0.3 is 0 Å². The summed E-state index contributed by atoms with van der Waals surface area (Å²) in [5.74, 6) is -0.297. The van der Waals surface area contributed by atoms with Gasteiger partial charge < -0.3 is 10.6 Å². The van der Waals surface area contributed by atoms with Gasteiger partial charge in [-0.15, -0.1) is 11.8 Å². The van der Waals surface area contributed by atoms with Crippen LogP contribution in [0.25, 0.3) is 0 Å². The van der Waals surface area contributed by atoms with E-state index in [-0.39, 0.29) is 18.2 Å². The number of fused-ring (bicyclic) bond motifs is 1. The minimum Gasteiger partial charge on any atom is -0.326 e. The van der Waals surface area contributed by atoms with Gasteiger partial charge in [-0.2, -0.15) is 0 Å². The average Bonchev–Trinajstić information content (AvgIpc) is 2.51. The smallest absolute Gasteiger partial charge is 0.238 e. The molecule has 0 bridgehead atoms. The molecule has 0 spiro atoms. The van der Waals surface area contributed by atoms with E-state index in [1.807, 2.05) is 49.4 Å². The van der Waals surface area contributed by atoms with Crippen LogP contribution in [0, 0.1) is 6.92 Å². The number of rotatable bonds is 3. The number of carbonyl (C=O) groups excluding carboxylic acids is 2. The van der Waals surface area contributed by atoms with Crippen LogP contribution in [0.2, 0.25) is 0 Å². The second-order valence-electron chi connectivity index (χ2n) is 5.31. The van der Waals surface area contributed by atoms with E-state index < -0.39 is 5.25 Å². The van der Waals surface area contributed by atoms with Crippen molar-refractivity contribution < 1.29 is 9.59 Å². The number of amides is 2. The highest BCUT2D eigenvalue weighted by Gasteiger charge is 2.28. The summed E-state index contributed by atoms with van der Waals surface area (Å²) in [4.78, 5) is 25.3. The summed E-state index contributed by atoms with van der Waals surface area (Å²) in [5.41, 5.74) is 2.58. The first-order valence-corrected chi connectivity index (χ1v) is 8.83. The molecule has 6 heteroatoms. The quantitative estimate of drug-likeness (QED) is 0.825.